The van der Waals surface area contributed by atoms with Gasteiger partial charge in [-0.3, -0.25) is 0 Å². The molecule has 0 aliphatic carbocycles. The standard InChI is InChI=1S/C23H14N2S/c24-14-15-5-8-17(9-6-15)25-18-10-11-20-22(13-18)26-21-12-7-16-3-1-2-4-19(16)23(20)21/h1-13,25H. The van der Waals surface area contributed by atoms with Gasteiger partial charge in [0, 0.05) is 31.5 Å². The summed E-state index contributed by atoms with van der Waals surface area (Å²) >= 11 is 1.82. The summed E-state index contributed by atoms with van der Waals surface area (Å²) in [5.41, 5.74) is 2.70. The molecular weight excluding hydrogens is 336 g/mol. The highest BCUT2D eigenvalue weighted by Crippen LogP contribution is 2.39. The van der Waals surface area contributed by atoms with Crippen LogP contribution in [0.25, 0.3) is 30.9 Å². The van der Waals surface area contributed by atoms with Crippen molar-refractivity contribution < 1.29 is 0 Å². The quantitative estimate of drug-likeness (QED) is 0.379. The molecule has 0 unspecified atom stereocenters. The third kappa shape index (κ3) is 2.40. The molecule has 0 fully saturated rings. The number of benzene rings is 4. The maximum absolute atomic E-state index is 8.91. The summed E-state index contributed by atoms with van der Waals surface area (Å²) in [4.78, 5) is 0. The molecule has 0 bridgehead atoms. The second-order valence-electron chi connectivity index (χ2n) is 6.29. The molecule has 0 radical (unpaired) electrons. The molecular formula is C23H14N2S. The van der Waals surface area contributed by atoms with Crippen LogP contribution in [0.5, 0.6) is 0 Å². The minimum Gasteiger partial charge on any atom is -0.355 e. The summed E-state index contributed by atoms with van der Waals surface area (Å²) < 4.78 is 2.59. The van der Waals surface area contributed by atoms with Crippen LogP contribution in [-0.4, -0.2) is 0 Å². The van der Waals surface area contributed by atoms with E-state index in [4.69, 9.17) is 5.26 Å². The SMILES string of the molecule is N#Cc1ccc(Nc2ccc3c(c2)sc2ccc4ccccc4c23)cc1. The van der Waals surface area contributed by atoms with Crippen LogP contribution in [0.1, 0.15) is 5.56 Å². The molecule has 0 aliphatic rings. The molecule has 1 heterocycles. The highest BCUT2D eigenvalue weighted by Gasteiger charge is 2.09. The van der Waals surface area contributed by atoms with Crippen molar-refractivity contribution in [2.24, 2.45) is 0 Å². The molecule has 0 aliphatic heterocycles. The van der Waals surface area contributed by atoms with E-state index >= 15 is 0 Å². The number of nitrogens with zero attached hydrogens (tertiary/aromatic N) is 1. The minimum absolute atomic E-state index is 0.669. The van der Waals surface area contributed by atoms with Crippen LogP contribution >= 0.6 is 11.3 Å². The number of fused-ring (bicyclic) bond motifs is 5. The number of hydrogen-bond acceptors (Lipinski definition) is 3. The van der Waals surface area contributed by atoms with Crippen molar-refractivity contribution in [3.8, 4) is 6.07 Å². The molecule has 0 atom stereocenters. The summed E-state index contributed by atoms with van der Waals surface area (Å²) in [5, 5.41) is 17.6. The predicted octanol–water partition coefficient (Wildman–Crippen LogP) is 6.82. The monoisotopic (exact) mass is 350 g/mol. The minimum atomic E-state index is 0.669. The van der Waals surface area contributed by atoms with Crippen molar-refractivity contribution in [2.75, 3.05) is 5.32 Å². The predicted molar refractivity (Wildman–Crippen MR) is 111 cm³/mol. The first kappa shape index (κ1) is 14.9. The largest absolute Gasteiger partial charge is 0.355 e. The molecule has 0 saturated heterocycles. The van der Waals surface area contributed by atoms with Crippen molar-refractivity contribution in [2.45, 2.75) is 0 Å². The molecule has 0 spiro atoms. The normalized spacial score (nSPS) is 11.0. The lowest BCUT2D eigenvalue weighted by Gasteiger charge is -2.06. The van der Waals surface area contributed by atoms with Gasteiger partial charge in [0.1, 0.15) is 0 Å². The fraction of sp³-hybridized carbons (Fsp3) is 0. The maximum Gasteiger partial charge on any atom is 0.0991 e. The Bertz CT molecular complexity index is 1310. The van der Waals surface area contributed by atoms with Crippen LogP contribution in [0.4, 0.5) is 11.4 Å². The summed E-state index contributed by atoms with van der Waals surface area (Å²) in [6.07, 6.45) is 0. The number of anilines is 2. The van der Waals surface area contributed by atoms with E-state index in [-0.39, 0.29) is 0 Å². The van der Waals surface area contributed by atoms with Crippen LogP contribution in [0.2, 0.25) is 0 Å². The molecule has 3 heteroatoms. The fourth-order valence-electron chi connectivity index (χ4n) is 3.42. The lowest BCUT2D eigenvalue weighted by Crippen LogP contribution is -1.89. The zero-order valence-electron chi connectivity index (χ0n) is 13.9. The molecule has 0 saturated carbocycles. The fourth-order valence-corrected chi connectivity index (χ4v) is 4.58. The van der Waals surface area contributed by atoms with Crippen molar-refractivity contribution in [3.63, 3.8) is 0 Å². The van der Waals surface area contributed by atoms with Gasteiger partial charge >= 0.3 is 0 Å². The van der Waals surface area contributed by atoms with Gasteiger partial charge in [-0.15, -0.1) is 11.3 Å². The third-order valence-electron chi connectivity index (χ3n) is 4.66. The zero-order chi connectivity index (χ0) is 17.5. The Hall–Kier alpha value is -3.35. The van der Waals surface area contributed by atoms with Crippen LogP contribution in [-0.2, 0) is 0 Å². The highest BCUT2D eigenvalue weighted by atomic mass is 32.1. The highest BCUT2D eigenvalue weighted by molar-refractivity contribution is 7.26. The van der Waals surface area contributed by atoms with Crippen LogP contribution in [0.3, 0.4) is 0 Å². The smallest absolute Gasteiger partial charge is 0.0991 e. The van der Waals surface area contributed by atoms with Crippen LogP contribution in [0.15, 0.2) is 78.9 Å². The lowest BCUT2D eigenvalue weighted by atomic mass is 10.0. The van der Waals surface area contributed by atoms with E-state index in [1.807, 2.05) is 35.6 Å². The number of thiophene rings is 1. The van der Waals surface area contributed by atoms with E-state index in [0.717, 1.165) is 11.4 Å². The van der Waals surface area contributed by atoms with Gasteiger partial charge in [0.2, 0.25) is 0 Å². The topological polar surface area (TPSA) is 35.8 Å². The zero-order valence-corrected chi connectivity index (χ0v) is 14.7. The van der Waals surface area contributed by atoms with Gasteiger partial charge in [0.05, 0.1) is 11.6 Å². The number of hydrogen-bond donors (Lipinski definition) is 1. The van der Waals surface area contributed by atoms with Crippen LogP contribution in [0, 0.1) is 11.3 Å². The summed E-state index contributed by atoms with van der Waals surface area (Å²) in [7, 11) is 0. The van der Waals surface area contributed by atoms with Crippen molar-refractivity contribution >= 4 is 53.7 Å². The average Bonchev–Trinajstić information content (AvgIpc) is 3.07. The molecule has 5 aromatic rings. The van der Waals surface area contributed by atoms with Crippen molar-refractivity contribution in [1.29, 1.82) is 5.26 Å². The molecule has 26 heavy (non-hydrogen) atoms. The maximum atomic E-state index is 8.91. The molecule has 2 nitrogen and oxygen atoms in total. The number of rotatable bonds is 2. The third-order valence-corrected chi connectivity index (χ3v) is 5.78. The average molecular weight is 350 g/mol. The second-order valence-corrected chi connectivity index (χ2v) is 7.37. The van der Waals surface area contributed by atoms with Gasteiger partial charge in [-0.25, -0.2) is 0 Å². The lowest BCUT2D eigenvalue weighted by molar-refractivity contribution is 1.48. The Morgan fingerprint density at radius 1 is 0.731 bits per heavy atom. The second kappa shape index (κ2) is 5.87. The first-order valence-electron chi connectivity index (χ1n) is 8.43. The molecule has 5 rings (SSSR count). The van der Waals surface area contributed by atoms with E-state index in [1.54, 1.807) is 0 Å². The van der Waals surface area contributed by atoms with Crippen molar-refractivity contribution in [3.05, 3.63) is 84.4 Å². The van der Waals surface area contributed by atoms with E-state index in [1.165, 1.54) is 30.9 Å². The summed E-state index contributed by atoms with van der Waals surface area (Å²) in [6.45, 7) is 0. The van der Waals surface area contributed by atoms with Crippen molar-refractivity contribution in [1.82, 2.24) is 0 Å². The molecule has 4 aromatic carbocycles. The van der Waals surface area contributed by atoms with E-state index in [9.17, 15) is 0 Å². The van der Waals surface area contributed by atoms with Crippen LogP contribution < -0.4 is 5.32 Å². The molecule has 0 amide bonds. The van der Waals surface area contributed by atoms with Gasteiger partial charge in [-0.05, 0) is 53.2 Å². The molecule has 1 aromatic heterocycles. The Morgan fingerprint density at radius 2 is 1.54 bits per heavy atom. The van der Waals surface area contributed by atoms with Gasteiger partial charge < -0.3 is 5.32 Å². The number of nitriles is 1. The number of nitrogens with one attached hydrogen (secondary N) is 1. The van der Waals surface area contributed by atoms with Gasteiger partial charge in [0.25, 0.3) is 0 Å². The Labute approximate surface area is 154 Å². The van der Waals surface area contributed by atoms with Gasteiger partial charge in [0.15, 0.2) is 0 Å². The van der Waals surface area contributed by atoms with E-state index in [2.05, 4.69) is 66.0 Å². The summed E-state index contributed by atoms with van der Waals surface area (Å²) in [5.74, 6) is 0. The first-order valence-corrected chi connectivity index (χ1v) is 9.25. The molecule has 1 N–H and O–H groups in total. The Morgan fingerprint density at radius 3 is 2.38 bits per heavy atom. The summed E-state index contributed by atoms with van der Waals surface area (Å²) in [6, 6.07) is 29.2. The molecule has 122 valence electrons. The Balaban J connectivity index is 1.62. The van der Waals surface area contributed by atoms with E-state index < -0.39 is 0 Å². The first-order chi connectivity index (χ1) is 12.8. The van der Waals surface area contributed by atoms with Gasteiger partial charge in [-0.1, -0.05) is 36.4 Å². The Kier molecular flexibility index (Phi) is 3.38. The van der Waals surface area contributed by atoms with E-state index in [0.29, 0.717) is 5.56 Å². The van der Waals surface area contributed by atoms with Gasteiger partial charge in [-0.2, -0.15) is 5.26 Å².